The van der Waals surface area contributed by atoms with E-state index in [9.17, 15) is 0 Å². The number of nitrogens with one attached hydrogen (secondary N) is 1. The van der Waals surface area contributed by atoms with Gasteiger partial charge >= 0.3 is 0 Å². The van der Waals surface area contributed by atoms with Crippen LogP contribution < -0.4 is 10.2 Å². The molecule has 1 unspecified atom stereocenters. The van der Waals surface area contributed by atoms with Gasteiger partial charge in [-0.25, -0.2) is 9.97 Å². The first-order valence-electron chi connectivity index (χ1n) is 6.57. The summed E-state index contributed by atoms with van der Waals surface area (Å²) in [6, 6.07) is 0.541. The number of nitrogens with zero attached hydrogens (tertiary/aromatic N) is 4. The normalized spacial score (nSPS) is 20.3. The molecule has 1 fully saturated rings. The zero-order chi connectivity index (χ0) is 12.5. The van der Waals surface area contributed by atoms with E-state index in [-0.39, 0.29) is 0 Å². The molecule has 1 N–H and O–H groups in total. The van der Waals surface area contributed by atoms with Crippen molar-refractivity contribution in [2.24, 2.45) is 0 Å². The molecule has 0 radical (unpaired) electrons. The van der Waals surface area contributed by atoms with Crippen LogP contribution in [0.2, 0.25) is 0 Å². The number of piperidine rings is 1. The molecule has 0 spiro atoms. The first kappa shape index (κ1) is 11.3. The molecule has 3 rings (SSSR count). The number of hydrogen-bond donors (Lipinski definition) is 1. The average molecular weight is 245 g/mol. The van der Waals surface area contributed by atoms with Crippen LogP contribution in [0.3, 0.4) is 0 Å². The minimum absolute atomic E-state index is 0.541. The van der Waals surface area contributed by atoms with Crippen LogP contribution >= 0.6 is 0 Å². The Morgan fingerprint density at radius 3 is 3.06 bits per heavy atom. The molecule has 0 aromatic carbocycles. The Kier molecular flexibility index (Phi) is 2.81. The Morgan fingerprint density at radius 1 is 1.39 bits per heavy atom. The van der Waals surface area contributed by atoms with Gasteiger partial charge < -0.3 is 14.6 Å². The van der Waals surface area contributed by atoms with Crippen LogP contribution in [0.15, 0.2) is 18.6 Å². The highest BCUT2D eigenvalue weighted by Crippen LogP contribution is 2.27. The van der Waals surface area contributed by atoms with Crippen molar-refractivity contribution < 1.29 is 0 Å². The Hall–Kier alpha value is -1.78. The monoisotopic (exact) mass is 245 g/mol. The highest BCUT2D eigenvalue weighted by Gasteiger charge is 2.22. The van der Waals surface area contributed by atoms with Crippen LogP contribution in [0.25, 0.3) is 5.65 Å². The highest BCUT2D eigenvalue weighted by atomic mass is 15.3. The van der Waals surface area contributed by atoms with Crippen molar-refractivity contribution in [1.29, 1.82) is 0 Å². The molecule has 3 heterocycles. The molecule has 1 saturated heterocycles. The summed E-state index contributed by atoms with van der Waals surface area (Å²) in [5, 5.41) is 3.12. The van der Waals surface area contributed by atoms with E-state index in [0.29, 0.717) is 6.04 Å². The Labute approximate surface area is 107 Å². The first-order chi connectivity index (χ1) is 8.79. The van der Waals surface area contributed by atoms with Gasteiger partial charge in [-0.2, -0.15) is 0 Å². The lowest BCUT2D eigenvalue weighted by molar-refractivity contribution is 0.482. The smallest absolute Gasteiger partial charge is 0.180 e. The van der Waals surface area contributed by atoms with Crippen molar-refractivity contribution in [3.05, 3.63) is 18.6 Å². The number of imidazole rings is 1. The van der Waals surface area contributed by atoms with Crippen LogP contribution in [0.5, 0.6) is 0 Å². The number of rotatable bonds is 2. The second-order valence-electron chi connectivity index (χ2n) is 4.90. The van der Waals surface area contributed by atoms with Gasteiger partial charge in [-0.05, 0) is 26.2 Å². The molecule has 1 aliphatic heterocycles. The lowest BCUT2D eigenvalue weighted by atomic mass is 10.0. The van der Waals surface area contributed by atoms with Crippen LogP contribution in [0.1, 0.15) is 26.2 Å². The Morgan fingerprint density at radius 2 is 2.28 bits per heavy atom. The van der Waals surface area contributed by atoms with Crippen molar-refractivity contribution in [2.45, 2.75) is 32.2 Å². The molecule has 1 aliphatic rings. The van der Waals surface area contributed by atoms with E-state index >= 15 is 0 Å². The molecule has 5 heteroatoms. The van der Waals surface area contributed by atoms with Gasteiger partial charge in [0.15, 0.2) is 11.5 Å². The fourth-order valence-electron chi connectivity index (χ4n) is 2.64. The Bertz CT molecular complexity index is 547. The van der Waals surface area contributed by atoms with Crippen molar-refractivity contribution in [3.8, 4) is 0 Å². The number of aromatic nitrogens is 3. The quantitative estimate of drug-likeness (QED) is 0.880. The van der Waals surface area contributed by atoms with E-state index in [2.05, 4.69) is 22.1 Å². The molecule has 18 heavy (non-hydrogen) atoms. The zero-order valence-electron chi connectivity index (χ0n) is 10.9. The molecule has 0 amide bonds. The van der Waals surface area contributed by atoms with Crippen molar-refractivity contribution in [1.82, 2.24) is 14.4 Å². The van der Waals surface area contributed by atoms with E-state index in [0.717, 1.165) is 23.8 Å². The summed E-state index contributed by atoms with van der Waals surface area (Å²) in [5.74, 6) is 1.88. The predicted molar refractivity (Wildman–Crippen MR) is 73.2 cm³/mol. The molecule has 0 saturated carbocycles. The molecule has 0 aliphatic carbocycles. The third kappa shape index (κ3) is 1.79. The van der Waals surface area contributed by atoms with Gasteiger partial charge in [-0.1, -0.05) is 0 Å². The number of fused-ring (bicyclic) bond motifs is 1. The molecule has 2 aromatic heterocycles. The standard InChI is InChI=1S/C13H19N5/c1-10-5-3-4-7-18(10)13-12-15-6-8-17(12)9-11(14-2)16-13/h6,8-10,14H,3-5,7H2,1-2H3. The van der Waals surface area contributed by atoms with E-state index in [1.54, 1.807) is 0 Å². The van der Waals surface area contributed by atoms with Gasteiger partial charge in [0.1, 0.15) is 5.82 Å². The fourth-order valence-corrected chi connectivity index (χ4v) is 2.64. The lowest BCUT2D eigenvalue weighted by Gasteiger charge is -2.34. The van der Waals surface area contributed by atoms with E-state index in [1.165, 1.54) is 19.3 Å². The van der Waals surface area contributed by atoms with Gasteiger partial charge in [0.2, 0.25) is 0 Å². The summed E-state index contributed by atoms with van der Waals surface area (Å²) in [4.78, 5) is 11.5. The molecule has 2 aromatic rings. The second kappa shape index (κ2) is 4.48. The number of hydrogen-bond acceptors (Lipinski definition) is 4. The van der Waals surface area contributed by atoms with E-state index in [4.69, 9.17) is 4.98 Å². The third-order valence-corrected chi connectivity index (χ3v) is 3.69. The predicted octanol–water partition coefficient (Wildman–Crippen LogP) is 2.15. The van der Waals surface area contributed by atoms with Crippen LogP contribution in [0.4, 0.5) is 11.6 Å². The topological polar surface area (TPSA) is 45.5 Å². The first-order valence-corrected chi connectivity index (χ1v) is 6.57. The van der Waals surface area contributed by atoms with Crippen LogP contribution in [-0.2, 0) is 0 Å². The maximum absolute atomic E-state index is 4.70. The van der Waals surface area contributed by atoms with Crippen LogP contribution in [-0.4, -0.2) is 34.0 Å². The second-order valence-corrected chi connectivity index (χ2v) is 4.90. The summed E-state index contributed by atoms with van der Waals surface area (Å²) in [6.07, 6.45) is 9.56. The molecule has 96 valence electrons. The number of anilines is 2. The van der Waals surface area contributed by atoms with Gasteiger partial charge in [-0.15, -0.1) is 0 Å². The summed E-state index contributed by atoms with van der Waals surface area (Å²) < 4.78 is 2.04. The molecule has 0 bridgehead atoms. The van der Waals surface area contributed by atoms with Gasteiger partial charge in [-0.3, -0.25) is 0 Å². The summed E-state index contributed by atoms with van der Waals surface area (Å²) in [6.45, 7) is 3.34. The van der Waals surface area contributed by atoms with Crippen LogP contribution in [0, 0.1) is 0 Å². The average Bonchev–Trinajstić information content (AvgIpc) is 2.86. The molecule has 1 atom stereocenters. The zero-order valence-corrected chi connectivity index (χ0v) is 10.9. The molecular formula is C13H19N5. The van der Waals surface area contributed by atoms with E-state index in [1.807, 2.05) is 30.0 Å². The maximum atomic E-state index is 4.70. The van der Waals surface area contributed by atoms with Crippen molar-refractivity contribution in [3.63, 3.8) is 0 Å². The maximum Gasteiger partial charge on any atom is 0.180 e. The highest BCUT2D eigenvalue weighted by molar-refractivity contribution is 5.67. The summed E-state index contributed by atoms with van der Waals surface area (Å²) in [7, 11) is 1.90. The third-order valence-electron chi connectivity index (χ3n) is 3.69. The van der Waals surface area contributed by atoms with Crippen molar-refractivity contribution >= 4 is 17.3 Å². The van der Waals surface area contributed by atoms with Crippen molar-refractivity contribution in [2.75, 3.05) is 23.8 Å². The minimum Gasteiger partial charge on any atom is -0.372 e. The van der Waals surface area contributed by atoms with Gasteiger partial charge in [0.05, 0.1) is 6.20 Å². The SMILES string of the molecule is CNc1cn2ccnc2c(N2CCCCC2C)n1. The molecule has 5 nitrogen and oxygen atoms in total. The van der Waals surface area contributed by atoms with Gasteiger partial charge in [0.25, 0.3) is 0 Å². The summed E-state index contributed by atoms with van der Waals surface area (Å²) >= 11 is 0. The lowest BCUT2D eigenvalue weighted by Crippen LogP contribution is -2.38. The van der Waals surface area contributed by atoms with Gasteiger partial charge in [0, 0.05) is 32.0 Å². The molecular weight excluding hydrogens is 226 g/mol. The van der Waals surface area contributed by atoms with E-state index < -0.39 is 0 Å². The summed E-state index contributed by atoms with van der Waals surface area (Å²) in [5.41, 5.74) is 0.947. The minimum atomic E-state index is 0.541. The Balaban J connectivity index is 2.10. The largest absolute Gasteiger partial charge is 0.372 e. The fraction of sp³-hybridized carbons (Fsp3) is 0.538.